The number of nitrogens with one attached hydrogen (secondary N) is 2. The fourth-order valence-electron chi connectivity index (χ4n) is 4.75. The Morgan fingerprint density at radius 3 is 2.60 bits per heavy atom. The maximum Gasteiger partial charge on any atom is 0.260 e. The first-order valence-electron chi connectivity index (χ1n) is 13.9. The van der Waals surface area contributed by atoms with Gasteiger partial charge in [-0.25, -0.2) is 4.68 Å². The Bertz CT molecular complexity index is 1490. The molecule has 0 fully saturated rings. The molecule has 0 aliphatic carbocycles. The number of ether oxygens (including phenoxy) is 2. The van der Waals surface area contributed by atoms with Gasteiger partial charge in [0.15, 0.2) is 18.1 Å². The molecule has 2 heterocycles. The average molecular weight is 658 g/mol. The van der Waals surface area contributed by atoms with E-state index in [1.807, 2.05) is 64.1 Å². The molecule has 1 aliphatic heterocycles. The molecule has 4 rings (SSSR count). The van der Waals surface area contributed by atoms with E-state index in [-0.39, 0.29) is 18.4 Å². The molecule has 1 aliphatic rings. The molecule has 42 heavy (non-hydrogen) atoms. The normalized spacial score (nSPS) is 14.2. The molecule has 10 nitrogen and oxygen atoms in total. The molecule has 2 aromatic carbocycles. The van der Waals surface area contributed by atoms with Crippen LogP contribution in [-0.2, 0) is 9.59 Å². The predicted molar refractivity (Wildman–Crippen MR) is 169 cm³/mol. The van der Waals surface area contributed by atoms with Gasteiger partial charge >= 0.3 is 0 Å². The maximum atomic E-state index is 13.9. The number of hydrogen-bond donors (Lipinski definition) is 2. The number of methoxy groups -OCH3 is 1. The molecule has 0 radical (unpaired) electrons. The van der Waals surface area contributed by atoms with Crippen molar-refractivity contribution in [3.8, 4) is 11.5 Å². The summed E-state index contributed by atoms with van der Waals surface area (Å²) in [7, 11) is 1.54. The Morgan fingerprint density at radius 1 is 1.17 bits per heavy atom. The van der Waals surface area contributed by atoms with Crippen molar-refractivity contribution in [2.75, 3.05) is 43.2 Å². The van der Waals surface area contributed by atoms with Gasteiger partial charge < -0.3 is 25.0 Å². The van der Waals surface area contributed by atoms with Crippen LogP contribution >= 0.6 is 27.7 Å². The molecule has 2 amide bonds. The Hall–Kier alpha value is -3.51. The van der Waals surface area contributed by atoms with Crippen LogP contribution < -0.4 is 20.1 Å². The van der Waals surface area contributed by atoms with Gasteiger partial charge in [0.25, 0.3) is 11.8 Å². The number of hydrogen-bond acceptors (Lipinski definition) is 8. The van der Waals surface area contributed by atoms with Crippen LogP contribution in [0.15, 0.2) is 57.3 Å². The summed E-state index contributed by atoms with van der Waals surface area (Å²) < 4.78 is 14.0. The first-order chi connectivity index (χ1) is 20.2. The van der Waals surface area contributed by atoms with Crippen molar-refractivity contribution in [3.63, 3.8) is 0 Å². The van der Waals surface area contributed by atoms with E-state index in [4.69, 9.17) is 19.6 Å². The molecule has 1 atom stereocenters. The first kappa shape index (κ1) is 31.4. The second-order valence-electron chi connectivity index (χ2n) is 9.79. The summed E-state index contributed by atoms with van der Waals surface area (Å²) in [5.74, 6) is 1.86. The maximum absolute atomic E-state index is 13.9. The van der Waals surface area contributed by atoms with Crippen LogP contribution in [0.4, 0.5) is 11.6 Å². The van der Waals surface area contributed by atoms with Gasteiger partial charge in [0, 0.05) is 30.2 Å². The topological polar surface area (TPSA) is 111 Å². The number of rotatable bonds is 12. The number of benzene rings is 2. The lowest BCUT2D eigenvalue weighted by Crippen LogP contribution is -2.34. The molecule has 1 aromatic heterocycles. The molecule has 0 spiro atoms. The second kappa shape index (κ2) is 14.1. The molecule has 2 N–H and O–H groups in total. The number of aryl methyl sites for hydroxylation is 1. The number of aromatic nitrogens is 3. The molecule has 224 valence electrons. The summed E-state index contributed by atoms with van der Waals surface area (Å²) in [5.41, 5.74) is 3.62. The van der Waals surface area contributed by atoms with E-state index in [0.29, 0.717) is 57.1 Å². The number of likely N-dealkylation sites (N-methyl/N-ethyl adjacent to an activating group) is 1. The number of fused-ring (bicyclic) bond motifs is 1. The molecule has 12 heteroatoms. The lowest BCUT2D eigenvalue weighted by Gasteiger charge is -2.29. The smallest absolute Gasteiger partial charge is 0.260 e. The third kappa shape index (κ3) is 6.92. The molecule has 0 saturated heterocycles. The van der Waals surface area contributed by atoms with E-state index in [1.165, 1.54) is 0 Å². The zero-order valence-corrected chi connectivity index (χ0v) is 27.2. The summed E-state index contributed by atoms with van der Waals surface area (Å²) in [6.45, 7) is 10.9. The van der Waals surface area contributed by atoms with Gasteiger partial charge in [-0.05, 0) is 85.4 Å². The standard InChI is InChI=1S/C30H37BrN6O4S/c1-7-13-42-30-34-29-32-19(5)25(28(39)33-21-12-10-11-18(4)14-21)26(37(29)35-30)20-15-22(31)27(23(16-20)40-6)41-17-24(38)36(8-2)9-3/h10-12,14-16,26H,7-9,13,17H2,1-6H3,(H,33,39)(H,32,34,35). The van der Waals surface area contributed by atoms with Crippen molar-refractivity contribution in [1.29, 1.82) is 0 Å². The van der Waals surface area contributed by atoms with Crippen molar-refractivity contribution < 1.29 is 19.1 Å². The Balaban J connectivity index is 1.76. The van der Waals surface area contributed by atoms with Crippen molar-refractivity contribution in [2.45, 2.75) is 52.2 Å². The third-order valence-corrected chi connectivity index (χ3v) is 8.45. The largest absolute Gasteiger partial charge is 0.493 e. The molecule has 3 aromatic rings. The number of anilines is 2. The summed E-state index contributed by atoms with van der Waals surface area (Å²) in [4.78, 5) is 32.9. The minimum Gasteiger partial charge on any atom is -0.493 e. The third-order valence-electron chi connectivity index (χ3n) is 6.81. The number of amides is 2. The van der Waals surface area contributed by atoms with Gasteiger partial charge in [0.1, 0.15) is 6.04 Å². The monoisotopic (exact) mass is 656 g/mol. The quantitative estimate of drug-likeness (QED) is 0.227. The van der Waals surface area contributed by atoms with E-state index in [2.05, 4.69) is 33.5 Å². The highest BCUT2D eigenvalue weighted by Gasteiger charge is 2.35. The van der Waals surface area contributed by atoms with E-state index < -0.39 is 6.04 Å². The minimum absolute atomic E-state index is 0.116. The van der Waals surface area contributed by atoms with Crippen molar-refractivity contribution in [1.82, 2.24) is 19.7 Å². The second-order valence-corrected chi connectivity index (χ2v) is 11.7. The number of thioether (sulfide) groups is 1. The van der Waals surface area contributed by atoms with Crippen molar-refractivity contribution >= 4 is 51.1 Å². The fourth-order valence-corrected chi connectivity index (χ4v) is 6.01. The van der Waals surface area contributed by atoms with Gasteiger partial charge in [-0.15, -0.1) is 5.10 Å². The number of nitrogens with zero attached hydrogens (tertiary/aromatic N) is 4. The van der Waals surface area contributed by atoms with Gasteiger partial charge in [-0.1, -0.05) is 30.8 Å². The highest BCUT2D eigenvalue weighted by Crippen LogP contribution is 2.43. The van der Waals surface area contributed by atoms with Crippen molar-refractivity contribution in [3.05, 3.63) is 63.3 Å². The number of allylic oxidation sites excluding steroid dienone is 1. The summed E-state index contributed by atoms with van der Waals surface area (Å²) in [6, 6.07) is 10.7. The van der Waals surface area contributed by atoms with Crippen LogP contribution in [0.2, 0.25) is 0 Å². The van der Waals surface area contributed by atoms with E-state index in [9.17, 15) is 9.59 Å². The lowest BCUT2D eigenvalue weighted by molar-refractivity contribution is -0.133. The Kier molecular flexibility index (Phi) is 10.6. The van der Waals surface area contributed by atoms with Gasteiger partial charge in [0.2, 0.25) is 11.1 Å². The van der Waals surface area contributed by atoms with E-state index in [0.717, 1.165) is 23.3 Å². The molecule has 0 saturated carbocycles. The van der Waals surface area contributed by atoms with Crippen LogP contribution in [0.5, 0.6) is 11.5 Å². The van der Waals surface area contributed by atoms with E-state index in [1.54, 1.807) is 28.5 Å². The van der Waals surface area contributed by atoms with Crippen molar-refractivity contribution in [2.24, 2.45) is 0 Å². The lowest BCUT2D eigenvalue weighted by atomic mass is 9.94. The molecular formula is C30H37BrN6O4S. The highest BCUT2D eigenvalue weighted by molar-refractivity contribution is 9.10. The van der Waals surface area contributed by atoms with Crippen LogP contribution in [0.25, 0.3) is 0 Å². The summed E-state index contributed by atoms with van der Waals surface area (Å²) >= 11 is 5.19. The molecular weight excluding hydrogens is 620 g/mol. The SMILES string of the molecule is CCCSc1nc2n(n1)C(c1cc(Br)c(OCC(=O)N(CC)CC)c(OC)c1)C(C(=O)Nc1cccc(C)c1)=C(C)N2. The fraction of sp³-hybridized carbons (Fsp3) is 0.400. The Labute approximate surface area is 259 Å². The van der Waals surface area contributed by atoms with Gasteiger partial charge in [-0.3, -0.25) is 9.59 Å². The molecule has 0 bridgehead atoms. The van der Waals surface area contributed by atoms with Gasteiger partial charge in [-0.2, -0.15) is 4.98 Å². The zero-order valence-electron chi connectivity index (χ0n) is 24.8. The first-order valence-corrected chi connectivity index (χ1v) is 15.7. The Morgan fingerprint density at radius 2 is 1.93 bits per heavy atom. The van der Waals surface area contributed by atoms with Gasteiger partial charge in [0.05, 0.1) is 17.2 Å². The number of carbonyl (C=O) groups is 2. The highest BCUT2D eigenvalue weighted by atomic mass is 79.9. The zero-order chi connectivity index (χ0) is 30.4. The number of carbonyl (C=O) groups excluding carboxylic acids is 2. The summed E-state index contributed by atoms with van der Waals surface area (Å²) in [5, 5.41) is 11.7. The summed E-state index contributed by atoms with van der Waals surface area (Å²) in [6.07, 6.45) is 0.981. The predicted octanol–water partition coefficient (Wildman–Crippen LogP) is 6.03. The van der Waals surface area contributed by atoms with E-state index >= 15 is 0 Å². The minimum atomic E-state index is -0.619. The van der Waals surface area contributed by atoms with Crippen LogP contribution in [0, 0.1) is 6.92 Å². The average Bonchev–Trinajstić information content (AvgIpc) is 3.37. The van der Waals surface area contributed by atoms with Crippen LogP contribution in [-0.4, -0.2) is 64.0 Å². The molecule has 1 unspecified atom stereocenters. The number of halogens is 1. The van der Waals surface area contributed by atoms with Crippen LogP contribution in [0.3, 0.4) is 0 Å². The van der Waals surface area contributed by atoms with Crippen LogP contribution in [0.1, 0.15) is 51.3 Å².